The van der Waals surface area contributed by atoms with Crippen LogP contribution in [0.15, 0.2) is 18.3 Å². The largest absolute Gasteiger partial charge is 0.382 e. The van der Waals surface area contributed by atoms with E-state index in [1.165, 1.54) is 0 Å². The molecule has 0 radical (unpaired) electrons. The molecule has 0 spiro atoms. The molecule has 18 heavy (non-hydrogen) atoms. The number of pyridine rings is 1. The Morgan fingerprint density at radius 3 is 3.06 bits per heavy atom. The third-order valence-corrected chi connectivity index (χ3v) is 3.59. The van der Waals surface area contributed by atoms with Crippen LogP contribution in [0.2, 0.25) is 0 Å². The van der Waals surface area contributed by atoms with Gasteiger partial charge in [0.1, 0.15) is 5.69 Å². The van der Waals surface area contributed by atoms with Crippen molar-refractivity contribution >= 4 is 11.6 Å². The molecule has 3 N–H and O–H groups in total. The number of hydrogen-bond acceptors (Lipinski definition) is 4. The van der Waals surface area contributed by atoms with Crippen LogP contribution in [0.25, 0.3) is 0 Å². The lowest BCUT2D eigenvalue weighted by molar-refractivity contribution is 0.0995. The molecule has 2 unspecified atom stereocenters. The highest BCUT2D eigenvalue weighted by Crippen LogP contribution is 2.19. The van der Waals surface area contributed by atoms with Gasteiger partial charge in [-0.1, -0.05) is 0 Å². The Bertz CT molecular complexity index is 435. The summed E-state index contributed by atoms with van der Waals surface area (Å²) in [6, 6.07) is 4.61. The van der Waals surface area contributed by atoms with Crippen LogP contribution >= 0.6 is 0 Å². The highest BCUT2D eigenvalue weighted by atomic mass is 16.1. The lowest BCUT2D eigenvalue weighted by atomic mass is 9.99. The van der Waals surface area contributed by atoms with Gasteiger partial charge in [0.05, 0.1) is 0 Å². The summed E-state index contributed by atoms with van der Waals surface area (Å²) in [5.74, 6) is -0.490. The minimum Gasteiger partial charge on any atom is -0.382 e. The molecule has 1 amide bonds. The van der Waals surface area contributed by atoms with Crippen molar-refractivity contribution in [3.8, 4) is 0 Å². The molecule has 5 heteroatoms. The number of nitrogens with two attached hydrogens (primary N) is 1. The predicted molar refractivity (Wildman–Crippen MR) is 71.5 cm³/mol. The molecule has 0 bridgehead atoms. The Morgan fingerprint density at radius 2 is 2.39 bits per heavy atom. The summed E-state index contributed by atoms with van der Waals surface area (Å²) in [7, 11) is 2.15. The Balaban J connectivity index is 2.01. The minimum atomic E-state index is -0.490. The summed E-state index contributed by atoms with van der Waals surface area (Å²) in [6.45, 7) is 3.32. The van der Waals surface area contributed by atoms with Crippen molar-refractivity contribution in [1.29, 1.82) is 0 Å². The van der Waals surface area contributed by atoms with Gasteiger partial charge >= 0.3 is 0 Å². The molecular formula is C13H20N4O. The summed E-state index contributed by atoms with van der Waals surface area (Å²) in [5, 5.41) is 3.45. The smallest absolute Gasteiger partial charge is 0.267 e. The molecule has 1 aliphatic rings. The summed E-state index contributed by atoms with van der Waals surface area (Å²) in [4.78, 5) is 17.4. The van der Waals surface area contributed by atoms with E-state index < -0.39 is 5.91 Å². The first-order valence-corrected chi connectivity index (χ1v) is 6.29. The van der Waals surface area contributed by atoms with Crippen molar-refractivity contribution in [3.05, 3.63) is 24.0 Å². The highest BCUT2D eigenvalue weighted by Gasteiger charge is 2.22. The number of aromatic nitrogens is 1. The van der Waals surface area contributed by atoms with Crippen LogP contribution in [0.1, 0.15) is 30.3 Å². The van der Waals surface area contributed by atoms with E-state index in [0.717, 1.165) is 25.1 Å². The van der Waals surface area contributed by atoms with Crippen molar-refractivity contribution in [2.24, 2.45) is 5.73 Å². The van der Waals surface area contributed by atoms with Gasteiger partial charge in [-0.05, 0) is 38.9 Å². The van der Waals surface area contributed by atoms with Crippen molar-refractivity contribution < 1.29 is 4.79 Å². The average molecular weight is 248 g/mol. The third-order valence-electron chi connectivity index (χ3n) is 3.59. The standard InChI is InChI=1S/C13H20N4O/c1-9-7-11(4-6-17(9)2)16-10-3-5-15-12(8-10)13(14)18/h3,5,8-9,11H,4,6-7H2,1-2H3,(H2,14,18)(H,15,16). The molecule has 2 heterocycles. The van der Waals surface area contributed by atoms with Gasteiger partial charge in [0.15, 0.2) is 0 Å². The fraction of sp³-hybridized carbons (Fsp3) is 0.538. The maximum absolute atomic E-state index is 11.1. The third kappa shape index (κ3) is 2.98. The van der Waals surface area contributed by atoms with Crippen molar-refractivity contribution in [2.75, 3.05) is 18.9 Å². The Kier molecular flexibility index (Phi) is 3.81. The molecule has 1 aliphatic heterocycles. The van der Waals surface area contributed by atoms with E-state index in [9.17, 15) is 4.79 Å². The Hall–Kier alpha value is -1.62. The van der Waals surface area contributed by atoms with Gasteiger partial charge in [-0.25, -0.2) is 0 Å². The first-order chi connectivity index (χ1) is 8.56. The number of piperidine rings is 1. The minimum absolute atomic E-state index is 0.306. The van der Waals surface area contributed by atoms with E-state index >= 15 is 0 Å². The van der Waals surface area contributed by atoms with E-state index in [4.69, 9.17) is 5.73 Å². The van der Waals surface area contributed by atoms with Crippen LogP contribution in [0.5, 0.6) is 0 Å². The molecule has 1 saturated heterocycles. The molecule has 0 aromatic carbocycles. The van der Waals surface area contributed by atoms with E-state index in [1.807, 2.05) is 6.07 Å². The monoisotopic (exact) mass is 248 g/mol. The first-order valence-electron chi connectivity index (χ1n) is 6.29. The van der Waals surface area contributed by atoms with E-state index in [1.54, 1.807) is 12.3 Å². The molecule has 1 aromatic rings. The molecule has 2 rings (SSSR count). The number of nitrogens with zero attached hydrogens (tertiary/aromatic N) is 2. The number of carbonyl (C=O) groups is 1. The molecule has 0 saturated carbocycles. The summed E-state index contributed by atoms with van der Waals surface area (Å²) >= 11 is 0. The van der Waals surface area contributed by atoms with Gasteiger partial charge < -0.3 is 16.0 Å². The predicted octanol–water partition coefficient (Wildman–Crippen LogP) is 1.08. The van der Waals surface area contributed by atoms with E-state index in [2.05, 4.69) is 29.2 Å². The second-order valence-electron chi connectivity index (χ2n) is 4.99. The SMILES string of the molecule is CC1CC(Nc2ccnc(C(N)=O)c2)CCN1C. The maximum atomic E-state index is 11.1. The molecule has 0 aliphatic carbocycles. The van der Waals surface area contributed by atoms with Crippen LogP contribution in [0.3, 0.4) is 0 Å². The van der Waals surface area contributed by atoms with Crippen LogP contribution in [-0.4, -0.2) is 41.5 Å². The fourth-order valence-corrected chi connectivity index (χ4v) is 2.31. The summed E-state index contributed by atoms with van der Waals surface area (Å²) < 4.78 is 0. The quantitative estimate of drug-likeness (QED) is 0.839. The molecule has 1 fully saturated rings. The number of nitrogens with one attached hydrogen (secondary N) is 1. The number of primary amides is 1. The van der Waals surface area contributed by atoms with Crippen molar-refractivity contribution in [1.82, 2.24) is 9.88 Å². The zero-order valence-electron chi connectivity index (χ0n) is 10.9. The van der Waals surface area contributed by atoms with Gasteiger partial charge in [-0.2, -0.15) is 0 Å². The van der Waals surface area contributed by atoms with E-state index in [-0.39, 0.29) is 0 Å². The van der Waals surface area contributed by atoms with Gasteiger partial charge in [0, 0.05) is 30.5 Å². The van der Waals surface area contributed by atoms with Gasteiger partial charge in [-0.3, -0.25) is 9.78 Å². The Morgan fingerprint density at radius 1 is 1.61 bits per heavy atom. The number of rotatable bonds is 3. The zero-order chi connectivity index (χ0) is 13.1. The molecule has 1 aromatic heterocycles. The summed E-state index contributed by atoms with van der Waals surface area (Å²) in [5.41, 5.74) is 6.44. The lowest BCUT2D eigenvalue weighted by Crippen LogP contribution is -2.42. The van der Waals surface area contributed by atoms with Crippen LogP contribution < -0.4 is 11.1 Å². The van der Waals surface area contributed by atoms with Crippen LogP contribution in [0, 0.1) is 0 Å². The van der Waals surface area contributed by atoms with Crippen molar-refractivity contribution in [2.45, 2.75) is 31.8 Å². The van der Waals surface area contributed by atoms with Crippen molar-refractivity contribution in [3.63, 3.8) is 0 Å². The number of carbonyl (C=O) groups excluding carboxylic acids is 1. The number of anilines is 1. The Labute approximate surface area is 107 Å². The second kappa shape index (κ2) is 5.35. The van der Waals surface area contributed by atoms with Gasteiger partial charge in [0.25, 0.3) is 5.91 Å². The van der Waals surface area contributed by atoms with Gasteiger partial charge in [-0.15, -0.1) is 0 Å². The fourth-order valence-electron chi connectivity index (χ4n) is 2.31. The maximum Gasteiger partial charge on any atom is 0.267 e. The average Bonchev–Trinajstić information content (AvgIpc) is 2.34. The van der Waals surface area contributed by atoms with E-state index in [0.29, 0.717) is 17.8 Å². The van der Waals surface area contributed by atoms with Crippen LogP contribution in [-0.2, 0) is 0 Å². The molecule has 2 atom stereocenters. The molecule has 5 nitrogen and oxygen atoms in total. The highest BCUT2D eigenvalue weighted by molar-refractivity contribution is 5.91. The topological polar surface area (TPSA) is 71.2 Å². The number of hydrogen-bond donors (Lipinski definition) is 2. The van der Waals surface area contributed by atoms with Crippen LogP contribution in [0.4, 0.5) is 5.69 Å². The molecular weight excluding hydrogens is 228 g/mol. The number of likely N-dealkylation sites (tertiary alicyclic amines) is 1. The molecule has 98 valence electrons. The second-order valence-corrected chi connectivity index (χ2v) is 4.99. The summed E-state index contributed by atoms with van der Waals surface area (Å²) in [6.07, 6.45) is 3.82. The zero-order valence-corrected chi connectivity index (χ0v) is 10.9. The first kappa shape index (κ1) is 12.8. The normalized spacial score (nSPS) is 24.8. The van der Waals surface area contributed by atoms with Gasteiger partial charge in [0.2, 0.25) is 0 Å². The number of amides is 1. The lowest BCUT2D eigenvalue weighted by Gasteiger charge is -2.35.